The maximum absolute atomic E-state index is 13.7. The van der Waals surface area contributed by atoms with Crippen molar-refractivity contribution in [1.29, 1.82) is 0 Å². The summed E-state index contributed by atoms with van der Waals surface area (Å²) in [6, 6.07) is 4.89. The number of aryl methyl sites for hydroxylation is 1. The monoisotopic (exact) mass is 250 g/mol. The second-order valence-corrected chi connectivity index (χ2v) is 4.84. The molecule has 1 amide bonds. The molecule has 18 heavy (non-hydrogen) atoms. The van der Waals surface area contributed by atoms with Gasteiger partial charge in [0.15, 0.2) is 0 Å². The molecule has 1 fully saturated rings. The molecule has 0 aromatic heterocycles. The first-order valence-corrected chi connectivity index (χ1v) is 6.42. The van der Waals surface area contributed by atoms with E-state index in [9.17, 15) is 9.18 Å². The van der Waals surface area contributed by atoms with Crippen LogP contribution < -0.4 is 10.6 Å². The Morgan fingerprint density at radius 1 is 1.56 bits per heavy atom. The molecule has 0 radical (unpaired) electrons. The van der Waals surface area contributed by atoms with Crippen LogP contribution in [0.3, 0.4) is 0 Å². The summed E-state index contributed by atoms with van der Waals surface area (Å²) in [6.45, 7) is 4.36. The lowest BCUT2D eigenvalue weighted by Gasteiger charge is -2.10. The molecular weight excluding hydrogens is 231 g/mol. The highest BCUT2D eigenvalue weighted by Crippen LogP contribution is 2.13. The molecule has 2 N–H and O–H groups in total. The van der Waals surface area contributed by atoms with Crippen molar-refractivity contribution < 1.29 is 9.18 Å². The summed E-state index contributed by atoms with van der Waals surface area (Å²) in [4.78, 5) is 11.8. The molecule has 1 saturated heterocycles. The van der Waals surface area contributed by atoms with Crippen molar-refractivity contribution in [3.63, 3.8) is 0 Å². The Morgan fingerprint density at radius 2 is 2.39 bits per heavy atom. The van der Waals surface area contributed by atoms with Crippen LogP contribution in [0.2, 0.25) is 0 Å². The van der Waals surface area contributed by atoms with E-state index in [0.29, 0.717) is 18.0 Å². The maximum Gasteiger partial charge on any atom is 0.254 e. The Labute approximate surface area is 107 Å². The number of rotatable bonds is 4. The number of halogens is 1. The van der Waals surface area contributed by atoms with Gasteiger partial charge in [-0.3, -0.25) is 4.79 Å². The van der Waals surface area contributed by atoms with Crippen LogP contribution in [0.1, 0.15) is 28.8 Å². The van der Waals surface area contributed by atoms with Crippen molar-refractivity contribution in [1.82, 2.24) is 10.6 Å². The molecule has 1 unspecified atom stereocenters. The summed E-state index contributed by atoms with van der Waals surface area (Å²) in [5.41, 5.74) is 0.641. The molecule has 0 bridgehead atoms. The first kappa shape index (κ1) is 13.0. The standard InChI is InChI=1S/C14H19FN2O/c1-10-3-2-4-12(13(10)15)14(18)17-8-6-11-5-7-16-9-11/h2-4,11,16H,5-9H2,1H3,(H,17,18). The quantitative estimate of drug-likeness (QED) is 0.856. The highest BCUT2D eigenvalue weighted by atomic mass is 19.1. The minimum absolute atomic E-state index is 0.138. The zero-order valence-electron chi connectivity index (χ0n) is 10.6. The second kappa shape index (κ2) is 5.96. The molecule has 2 rings (SSSR count). The highest BCUT2D eigenvalue weighted by Gasteiger charge is 2.16. The van der Waals surface area contributed by atoms with Crippen LogP contribution in [-0.2, 0) is 0 Å². The van der Waals surface area contributed by atoms with E-state index in [2.05, 4.69) is 10.6 Å². The molecule has 3 nitrogen and oxygen atoms in total. The van der Waals surface area contributed by atoms with Gasteiger partial charge in [-0.1, -0.05) is 12.1 Å². The van der Waals surface area contributed by atoms with Crippen LogP contribution in [0.5, 0.6) is 0 Å². The second-order valence-electron chi connectivity index (χ2n) is 4.84. The number of amides is 1. The fourth-order valence-corrected chi connectivity index (χ4v) is 2.27. The SMILES string of the molecule is Cc1cccc(C(=O)NCCC2CCNC2)c1F. The largest absolute Gasteiger partial charge is 0.352 e. The van der Waals surface area contributed by atoms with E-state index in [1.165, 1.54) is 6.07 Å². The molecule has 1 aromatic carbocycles. The molecule has 0 spiro atoms. The lowest BCUT2D eigenvalue weighted by atomic mass is 10.1. The fourth-order valence-electron chi connectivity index (χ4n) is 2.27. The molecule has 1 atom stereocenters. The number of carbonyl (C=O) groups excluding carboxylic acids is 1. The highest BCUT2D eigenvalue weighted by molar-refractivity contribution is 5.94. The van der Waals surface area contributed by atoms with E-state index in [1.54, 1.807) is 19.1 Å². The van der Waals surface area contributed by atoms with Crippen molar-refractivity contribution in [3.05, 3.63) is 35.1 Å². The molecule has 0 saturated carbocycles. The van der Waals surface area contributed by atoms with E-state index in [1.807, 2.05) is 0 Å². The first-order valence-electron chi connectivity index (χ1n) is 6.42. The van der Waals surface area contributed by atoms with E-state index in [-0.39, 0.29) is 11.5 Å². The van der Waals surface area contributed by atoms with Gasteiger partial charge in [0.25, 0.3) is 5.91 Å². The lowest BCUT2D eigenvalue weighted by Crippen LogP contribution is -2.27. The van der Waals surface area contributed by atoms with Gasteiger partial charge in [0.1, 0.15) is 5.82 Å². The van der Waals surface area contributed by atoms with Crippen LogP contribution >= 0.6 is 0 Å². The fraction of sp³-hybridized carbons (Fsp3) is 0.500. The summed E-state index contributed by atoms with van der Waals surface area (Å²) in [5.74, 6) is -0.104. The molecule has 1 aliphatic rings. The van der Waals surface area contributed by atoms with Gasteiger partial charge in [-0.15, -0.1) is 0 Å². The summed E-state index contributed by atoms with van der Waals surface area (Å²) in [6.07, 6.45) is 2.11. The van der Waals surface area contributed by atoms with Gasteiger partial charge in [-0.05, 0) is 50.4 Å². The molecular formula is C14H19FN2O. The molecule has 1 aliphatic heterocycles. The Morgan fingerprint density at radius 3 is 3.11 bits per heavy atom. The zero-order chi connectivity index (χ0) is 13.0. The van der Waals surface area contributed by atoms with E-state index >= 15 is 0 Å². The van der Waals surface area contributed by atoms with Gasteiger partial charge >= 0.3 is 0 Å². The average molecular weight is 250 g/mol. The number of nitrogens with one attached hydrogen (secondary N) is 2. The Balaban J connectivity index is 1.85. The van der Waals surface area contributed by atoms with Crippen molar-refractivity contribution in [2.75, 3.05) is 19.6 Å². The third-order valence-electron chi connectivity index (χ3n) is 3.44. The summed E-state index contributed by atoms with van der Waals surface area (Å²) in [5, 5.41) is 6.07. The predicted octanol–water partition coefficient (Wildman–Crippen LogP) is 1.86. The molecule has 1 aromatic rings. The van der Waals surface area contributed by atoms with Gasteiger partial charge in [-0.25, -0.2) is 4.39 Å². The Bertz CT molecular complexity index is 428. The third-order valence-corrected chi connectivity index (χ3v) is 3.44. The topological polar surface area (TPSA) is 41.1 Å². The van der Waals surface area contributed by atoms with E-state index < -0.39 is 5.82 Å². The molecule has 1 heterocycles. The van der Waals surface area contributed by atoms with Gasteiger partial charge in [0, 0.05) is 6.54 Å². The average Bonchev–Trinajstić information content (AvgIpc) is 2.85. The molecule has 98 valence electrons. The van der Waals surface area contributed by atoms with Crippen LogP contribution in [0.25, 0.3) is 0 Å². The Kier molecular flexibility index (Phi) is 4.31. The van der Waals surface area contributed by atoms with Crippen molar-refractivity contribution in [2.24, 2.45) is 5.92 Å². The number of hydrogen-bond donors (Lipinski definition) is 2. The van der Waals surface area contributed by atoms with Crippen molar-refractivity contribution in [3.8, 4) is 0 Å². The van der Waals surface area contributed by atoms with Gasteiger partial charge in [0.05, 0.1) is 5.56 Å². The Hall–Kier alpha value is -1.42. The lowest BCUT2D eigenvalue weighted by molar-refractivity contribution is 0.0947. The predicted molar refractivity (Wildman–Crippen MR) is 69.1 cm³/mol. The van der Waals surface area contributed by atoms with E-state index in [4.69, 9.17) is 0 Å². The minimum Gasteiger partial charge on any atom is -0.352 e. The van der Waals surface area contributed by atoms with E-state index in [0.717, 1.165) is 25.9 Å². The maximum atomic E-state index is 13.7. The smallest absolute Gasteiger partial charge is 0.254 e. The van der Waals surface area contributed by atoms with Gasteiger partial charge in [-0.2, -0.15) is 0 Å². The minimum atomic E-state index is -0.419. The molecule has 4 heteroatoms. The number of benzene rings is 1. The summed E-state index contributed by atoms with van der Waals surface area (Å²) in [7, 11) is 0. The van der Waals surface area contributed by atoms with Crippen molar-refractivity contribution >= 4 is 5.91 Å². The summed E-state index contributed by atoms with van der Waals surface area (Å²) >= 11 is 0. The first-order chi connectivity index (χ1) is 8.68. The molecule has 0 aliphatic carbocycles. The van der Waals surface area contributed by atoms with Gasteiger partial charge < -0.3 is 10.6 Å². The van der Waals surface area contributed by atoms with Crippen LogP contribution in [0.15, 0.2) is 18.2 Å². The van der Waals surface area contributed by atoms with Gasteiger partial charge in [0.2, 0.25) is 0 Å². The van der Waals surface area contributed by atoms with Crippen LogP contribution in [0, 0.1) is 18.7 Å². The van der Waals surface area contributed by atoms with Crippen LogP contribution in [0.4, 0.5) is 4.39 Å². The normalized spacial score (nSPS) is 18.9. The summed E-state index contributed by atoms with van der Waals surface area (Å²) < 4.78 is 13.7. The zero-order valence-corrected chi connectivity index (χ0v) is 10.6. The number of carbonyl (C=O) groups is 1. The van der Waals surface area contributed by atoms with Crippen molar-refractivity contribution in [2.45, 2.75) is 19.8 Å². The number of hydrogen-bond acceptors (Lipinski definition) is 2. The third kappa shape index (κ3) is 3.07. The van der Waals surface area contributed by atoms with Crippen LogP contribution in [-0.4, -0.2) is 25.5 Å².